The van der Waals surface area contributed by atoms with Crippen LogP contribution in [0.5, 0.6) is 0 Å². The first-order valence-corrected chi connectivity index (χ1v) is 6.48. The standard InChI is InChI=1S/C12H13BrFN3O/c1-2-15-6-5-11-16-17-12(18-11)9-7-8(14)3-4-10(9)13/h3-4,7,15H,2,5-6H2,1H3. The van der Waals surface area contributed by atoms with Crippen LogP contribution >= 0.6 is 15.9 Å². The van der Waals surface area contributed by atoms with Crippen molar-refractivity contribution in [2.24, 2.45) is 0 Å². The minimum absolute atomic E-state index is 0.327. The smallest absolute Gasteiger partial charge is 0.248 e. The van der Waals surface area contributed by atoms with Crippen molar-refractivity contribution in [2.75, 3.05) is 13.1 Å². The van der Waals surface area contributed by atoms with Crippen molar-refractivity contribution < 1.29 is 8.81 Å². The summed E-state index contributed by atoms with van der Waals surface area (Å²) in [4.78, 5) is 0. The van der Waals surface area contributed by atoms with Gasteiger partial charge in [0.1, 0.15) is 5.82 Å². The summed E-state index contributed by atoms with van der Waals surface area (Å²) in [7, 11) is 0. The van der Waals surface area contributed by atoms with Crippen LogP contribution in [0.15, 0.2) is 27.1 Å². The normalized spacial score (nSPS) is 10.8. The van der Waals surface area contributed by atoms with Gasteiger partial charge in [-0.25, -0.2) is 4.39 Å². The van der Waals surface area contributed by atoms with Gasteiger partial charge in [0.15, 0.2) is 0 Å². The number of benzene rings is 1. The van der Waals surface area contributed by atoms with Crippen LogP contribution < -0.4 is 5.32 Å². The first kappa shape index (κ1) is 13.2. The molecule has 4 nitrogen and oxygen atoms in total. The van der Waals surface area contributed by atoms with Gasteiger partial charge in [-0.2, -0.15) is 0 Å². The molecule has 0 bridgehead atoms. The van der Waals surface area contributed by atoms with Crippen molar-refractivity contribution in [2.45, 2.75) is 13.3 Å². The van der Waals surface area contributed by atoms with Crippen LogP contribution in [0.2, 0.25) is 0 Å². The lowest BCUT2D eigenvalue weighted by Crippen LogP contribution is -2.16. The lowest BCUT2D eigenvalue weighted by Gasteiger charge is -1.99. The molecule has 1 N–H and O–H groups in total. The second-order valence-corrected chi connectivity index (χ2v) is 4.58. The molecule has 0 radical (unpaired) electrons. The number of likely N-dealkylation sites (N-methyl/N-ethyl adjacent to an activating group) is 1. The fourth-order valence-corrected chi connectivity index (χ4v) is 1.91. The van der Waals surface area contributed by atoms with Gasteiger partial charge in [-0.1, -0.05) is 6.92 Å². The lowest BCUT2D eigenvalue weighted by molar-refractivity contribution is 0.496. The van der Waals surface area contributed by atoms with Crippen molar-refractivity contribution in [1.82, 2.24) is 15.5 Å². The van der Waals surface area contributed by atoms with Gasteiger partial charge in [0.25, 0.3) is 0 Å². The van der Waals surface area contributed by atoms with Gasteiger partial charge >= 0.3 is 0 Å². The number of nitrogens with one attached hydrogen (secondary N) is 1. The van der Waals surface area contributed by atoms with E-state index in [4.69, 9.17) is 4.42 Å². The average molecular weight is 314 g/mol. The molecule has 0 fully saturated rings. The summed E-state index contributed by atoms with van der Waals surface area (Å²) in [5, 5.41) is 11.0. The molecular formula is C12H13BrFN3O. The number of rotatable bonds is 5. The molecular weight excluding hydrogens is 301 g/mol. The molecule has 0 spiro atoms. The molecule has 0 aliphatic heterocycles. The Bertz CT molecular complexity index is 530. The van der Waals surface area contributed by atoms with E-state index >= 15 is 0 Å². The van der Waals surface area contributed by atoms with E-state index < -0.39 is 0 Å². The Kier molecular flexibility index (Phi) is 4.43. The van der Waals surface area contributed by atoms with Crippen molar-refractivity contribution in [3.8, 4) is 11.5 Å². The van der Waals surface area contributed by atoms with Crippen molar-refractivity contribution in [1.29, 1.82) is 0 Å². The maximum atomic E-state index is 13.2. The maximum absolute atomic E-state index is 13.2. The summed E-state index contributed by atoms with van der Waals surface area (Å²) in [6, 6.07) is 4.36. The number of aromatic nitrogens is 2. The highest BCUT2D eigenvalue weighted by atomic mass is 79.9. The second kappa shape index (κ2) is 6.06. The molecule has 0 aliphatic rings. The zero-order chi connectivity index (χ0) is 13.0. The third kappa shape index (κ3) is 3.14. The molecule has 1 aromatic carbocycles. The minimum Gasteiger partial charge on any atom is -0.421 e. The second-order valence-electron chi connectivity index (χ2n) is 3.73. The van der Waals surface area contributed by atoms with Crippen LogP contribution in [-0.2, 0) is 6.42 Å². The van der Waals surface area contributed by atoms with E-state index in [1.807, 2.05) is 6.92 Å². The Balaban J connectivity index is 2.16. The predicted molar refractivity (Wildman–Crippen MR) is 69.6 cm³/mol. The number of hydrogen-bond acceptors (Lipinski definition) is 4. The zero-order valence-electron chi connectivity index (χ0n) is 9.91. The molecule has 0 saturated carbocycles. The number of halogens is 2. The van der Waals surface area contributed by atoms with Gasteiger partial charge in [0, 0.05) is 17.4 Å². The van der Waals surface area contributed by atoms with Crippen LogP contribution in [0.3, 0.4) is 0 Å². The third-order valence-electron chi connectivity index (χ3n) is 2.39. The minimum atomic E-state index is -0.333. The Hall–Kier alpha value is -1.27. The average Bonchev–Trinajstić information content (AvgIpc) is 2.81. The Morgan fingerprint density at radius 1 is 1.39 bits per heavy atom. The molecule has 1 heterocycles. The molecule has 0 unspecified atom stereocenters. The van der Waals surface area contributed by atoms with E-state index in [-0.39, 0.29) is 5.82 Å². The van der Waals surface area contributed by atoms with E-state index in [0.29, 0.717) is 23.8 Å². The van der Waals surface area contributed by atoms with E-state index in [2.05, 4.69) is 31.4 Å². The van der Waals surface area contributed by atoms with E-state index in [0.717, 1.165) is 17.6 Å². The summed E-state index contributed by atoms with van der Waals surface area (Å²) >= 11 is 3.33. The molecule has 1 aromatic heterocycles. The Morgan fingerprint density at radius 2 is 2.22 bits per heavy atom. The lowest BCUT2D eigenvalue weighted by atomic mass is 10.2. The first-order valence-electron chi connectivity index (χ1n) is 5.69. The quantitative estimate of drug-likeness (QED) is 0.862. The molecule has 0 aliphatic carbocycles. The van der Waals surface area contributed by atoms with Crippen LogP contribution in [0.4, 0.5) is 4.39 Å². The highest BCUT2D eigenvalue weighted by molar-refractivity contribution is 9.10. The number of hydrogen-bond donors (Lipinski definition) is 1. The van der Waals surface area contributed by atoms with Gasteiger partial charge in [0.2, 0.25) is 11.8 Å². The topological polar surface area (TPSA) is 51.0 Å². The van der Waals surface area contributed by atoms with Crippen LogP contribution in [0, 0.1) is 5.82 Å². The highest BCUT2D eigenvalue weighted by Gasteiger charge is 2.12. The maximum Gasteiger partial charge on any atom is 0.248 e. The third-order valence-corrected chi connectivity index (χ3v) is 3.08. The fourth-order valence-electron chi connectivity index (χ4n) is 1.50. The fraction of sp³-hybridized carbons (Fsp3) is 0.333. The van der Waals surface area contributed by atoms with Crippen LogP contribution in [0.1, 0.15) is 12.8 Å². The summed E-state index contributed by atoms with van der Waals surface area (Å²) < 4.78 is 19.4. The Morgan fingerprint density at radius 3 is 3.00 bits per heavy atom. The van der Waals surface area contributed by atoms with Crippen molar-refractivity contribution >= 4 is 15.9 Å². The molecule has 6 heteroatoms. The molecule has 18 heavy (non-hydrogen) atoms. The van der Waals surface area contributed by atoms with Gasteiger partial charge in [-0.3, -0.25) is 0 Å². The zero-order valence-corrected chi connectivity index (χ0v) is 11.5. The summed E-state index contributed by atoms with van der Waals surface area (Å²) in [5.41, 5.74) is 0.567. The van der Waals surface area contributed by atoms with Gasteiger partial charge in [-0.05, 0) is 40.7 Å². The molecule has 2 rings (SSSR count). The highest BCUT2D eigenvalue weighted by Crippen LogP contribution is 2.27. The number of nitrogens with zero attached hydrogens (tertiary/aromatic N) is 2. The monoisotopic (exact) mass is 313 g/mol. The summed E-state index contributed by atoms with van der Waals surface area (Å²) in [5.74, 6) is 0.538. The molecule has 2 aromatic rings. The SMILES string of the molecule is CCNCCc1nnc(-c2cc(F)ccc2Br)o1. The van der Waals surface area contributed by atoms with E-state index in [9.17, 15) is 4.39 Å². The predicted octanol–water partition coefficient (Wildman–Crippen LogP) is 2.79. The molecule has 0 atom stereocenters. The molecule has 96 valence electrons. The largest absolute Gasteiger partial charge is 0.421 e. The summed E-state index contributed by atoms with van der Waals surface area (Å²) in [6.07, 6.45) is 0.660. The first-order chi connectivity index (χ1) is 8.70. The van der Waals surface area contributed by atoms with Crippen molar-refractivity contribution in [3.63, 3.8) is 0 Å². The molecule has 0 amide bonds. The Labute approximate surface area is 113 Å². The van der Waals surface area contributed by atoms with Gasteiger partial charge in [-0.15, -0.1) is 10.2 Å². The van der Waals surface area contributed by atoms with Gasteiger partial charge < -0.3 is 9.73 Å². The van der Waals surface area contributed by atoms with Crippen molar-refractivity contribution in [3.05, 3.63) is 34.4 Å². The summed E-state index contributed by atoms with van der Waals surface area (Å²) in [6.45, 7) is 3.71. The van der Waals surface area contributed by atoms with E-state index in [1.54, 1.807) is 6.07 Å². The van der Waals surface area contributed by atoms with Crippen LogP contribution in [-0.4, -0.2) is 23.3 Å². The van der Waals surface area contributed by atoms with Gasteiger partial charge in [0.05, 0.1) is 5.56 Å². The van der Waals surface area contributed by atoms with E-state index in [1.165, 1.54) is 12.1 Å². The van der Waals surface area contributed by atoms with Crippen LogP contribution in [0.25, 0.3) is 11.5 Å². The molecule has 0 saturated heterocycles.